The molecule has 0 unspecified atom stereocenters. The molecule has 0 saturated heterocycles. The molecule has 8 nitrogen and oxygen atoms in total. The van der Waals surface area contributed by atoms with Crippen molar-refractivity contribution in [3.63, 3.8) is 0 Å². The van der Waals surface area contributed by atoms with Crippen molar-refractivity contribution in [3.8, 4) is 11.5 Å². The summed E-state index contributed by atoms with van der Waals surface area (Å²) in [5.74, 6) is 0.135. The lowest BCUT2D eigenvalue weighted by Gasteiger charge is -2.27. The maximum absolute atomic E-state index is 13.8. The summed E-state index contributed by atoms with van der Waals surface area (Å²) in [6, 6.07) is 18.0. The summed E-state index contributed by atoms with van der Waals surface area (Å²) in [7, 11) is 4.55. The molecule has 3 aromatic carbocycles. The van der Waals surface area contributed by atoms with E-state index in [1.807, 2.05) is 36.4 Å². The molecule has 11 heteroatoms. The van der Waals surface area contributed by atoms with Crippen LogP contribution < -0.4 is 9.47 Å². The topological polar surface area (TPSA) is 80.7 Å². The highest BCUT2D eigenvalue weighted by Crippen LogP contribution is 2.38. The van der Waals surface area contributed by atoms with Crippen LogP contribution in [0.3, 0.4) is 0 Å². The molecule has 4 rings (SSSR count). The lowest BCUT2D eigenvalue weighted by molar-refractivity contribution is -0.137. The van der Waals surface area contributed by atoms with Gasteiger partial charge in [-0.25, -0.2) is 5.01 Å². The van der Waals surface area contributed by atoms with E-state index >= 15 is 0 Å². The van der Waals surface area contributed by atoms with Gasteiger partial charge in [-0.1, -0.05) is 30.3 Å². The largest absolute Gasteiger partial charge is 0.497 e. The third kappa shape index (κ3) is 6.86. The van der Waals surface area contributed by atoms with Gasteiger partial charge >= 0.3 is 6.18 Å². The highest BCUT2D eigenvalue weighted by atomic mass is 19.4. The third-order valence-electron chi connectivity index (χ3n) is 6.70. The van der Waals surface area contributed by atoms with Crippen molar-refractivity contribution >= 4 is 17.5 Å². The monoisotopic (exact) mass is 569 g/mol. The Kier molecular flexibility index (Phi) is 9.28. The number of ether oxygens (including phenoxy) is 3. The van der Waals surface area contributed by atoms with Crippen LogP contribution in [0.5, 0.6) is 11.5 Å². The fourth-order valence-electron chi connectivity index (χ4n) is 4.58. The van der Waals surface area contributed by atoms with E-state index in [0.717, 1.165) is 35.4 Å². The van der Waals surface area contributed by atoms with Crippen molar-refractivity contribution in [2.75, 3.05) is 41.0 Å². The molecule has 1 aliphatic heterocycles. The highest BCUT2D eigenvalue weighted by Gasteiger charge is 2.36. The molecule has 216 valence electrons. The molecule has 3 aromatic rings. The number of halogens is 3. The van der Waals surface area contributed by atoms with E-state index in [2.05, 4.69) is 5.10 Å². The zero-order valence-corrected chi connectivity index (χ0v) is 22.9. The molecular formula is C30H30F3N3O5. The fraction of sp³-hybridized carbons (Fsp3) is 0.300. The number of nitrogens with zero attached hydrogens (tertiary/aromatic N) is 3. The van der Waals surface area contributed by atoms with Crippen molar-refractivity contribution in [1.29, 1.82) is 0 Å². The van der Waals surface area contributed by atoms with Gasteiger partial charge in [0.25, 0.3) is 11.8 Å². The lowest BCUT2D eigenvalue weighted by atomic mass is 9.97. The number of carbonyl (C=O) groups is 2. The van der Waals surface area contributed by atoms with Gasteiger partial charge in [-0.3, -0.25) is 9.59 Å². The SMILES string of the molecule is COCCN(CC(=O)N1N=C(c2cccc(OC)c2)C[C@@H]1c1ccccc1OC)C(=O)c1ccc(C(F)(F)F)cc1. The minimum atomic E-state index is -4.53. The van der Waals surface area contributed by atoms with Gasteiger partial charge < -0.3 is 19.1 Å². The quantitative estimate of drug-likeness (QED) is 0.336. The molecule has 0 fully saturated rings. The van der Waals surface area contributed by atoms with E-state index in [9.17, 15) is 22.8 Å². The van der Waals surface area contributed by atoms with Gasteiger partial charge in [0.2, 0.25) is 0 Å². The Hall–Kier alpha value is -4.38. The normalized spacial score (nSPS) is 14.9. The molecule has 1 aliphatic rings. The molecule has 0 spiro atoms. The van der Waals surface area contributed by atoms with Crippen molar-refractivity contribution < 1.29 is 37.0 Å². The van der Waals surface area contributed by atoms with Crippen LogP contribution in [0.1, 0.15) is 39.5 Å². The number of amides is 2. The van der Waals surface area contributed by atoms with Crippen LogP contribution in [0, 0.1) is 0 Å². The second-order valence-corrected chi connectivity index (χ2v) is 9.27. The maximum Gasteiger partial charge on any atom is 0.416 e. The van der Waals surface area contributed by atoms with Crippen LogP contribution in [0.4, 0.5) is 13.2 Å². The van der Waals surface area contributed by atoms with Crippen molar-refractivity contribution in [2.24, 2.45) is 5.10 Å². The number of hydrogen-bond donors (Lipinski definition) is 0. The molecule has 0 bridgehead atoms. The summed E-state index contributed by atoms with van der Waals surface area (Å²) in [5.41, 5.74) is 1.31. The summed E-state index contributed by atoms with van der Waals surface area (Å²) >= 11 is 0. The predicted octanol–water partition coefficient (Wildman–Crippen LogP) is 5.19. The Bertz CT molecular complexity index is 1410. The minimum Gasteiger partial charge on any atom is -0.497 e. The first-order chi connectivity index (χ1) is 19.7. The number of hydrazone groups is 1. The minimum absolute atomic E-state index is 0.0187. The number of hydrogen-bond acceptors (Lipinski definition) is 6. The van der Waals surface area contributed by atoms with Gasteiger partial charge in [0.05, 0.1) is 38.1 Å². The molecule has 41 heavy (non-hydrogen) atoms. The van der Waals surface area contributed by atoms with Gasteiger partial charge in [-0.05, 0) is 42.5 Å². The Morgan fingerprint density at radius 2 is 1.71 bits per heavy atom. The molecule has 2 amide bonds. The van der Waals surface area contributed by atoms with Crippen molar-refractivity contribution in [2.45, 2.75) is 18.6 Å². The lowest BCUT2D eigenvalue weighted by Crippen LogP contribution is -2.42. The van der Waals surface area contributed by atoms with Crippen molar-refractivity contribution in [3.05, 3.63) is 95.1 Å². The van der Waals surface area contributed by atoms with Gasteiger partial charge in [0.15, 0.2) is 0 Å². The average molecular weight is 570 g/mol. The van der Waals surface area contributed by atoms with Crippen LogP contribution >= 0.6 is 0 Å². The fourth-order valence-corrected chi connectivity index (χ4v) is 4.58. The summed E-state index contributed by atoms with van der Waals surface area (Å²) in [5, 5.41) is 6.01. The molecule has 0 N–H and O–H groups in total. The maximum atomic E-state index is 13.8. The Morgan fingerprint density at radius 1 is 0.976 bits per heavy atom. The van der Waals surface area contributed by atoms with Gasteiger partial charge in [0, 0.05) is 36.8 Å². The smallest absolute Gasteiger partial charge is 0.416 e. The van der Waals surface area contributed by atoms with Crippen LogP contribution in [0.2, 0.25) is 0 Å². The zero-order chi connectivity index (χ0) is 29.6. The van der Waals surface area contributed by atoms with Gasteiger partial charge in [-0.2, -0.15) is 18.3 Å². The second-order valence-electron chi connectivity index (χ2n) is 9.27. The van der Waals surface area contributed by atoms with E-state index < -0.39 is 29.6 Å². The number of para-hydroxylation sites is 1. The highest BCUT2D eigenvalue weighted by molar-refractivity contribution is 6.04. The number of alkyl halides is 3. The molecule has 0 aromatic heterocycles. The first-order valence-corrected chi connectivity index (χ1v) is 12.8. The number of methoxy groups -OCH3 is 3. The number of carbonyl (C=O) groups excluding carboxylic acids is 2. The third-order valence-corrected chi connectivity index (χ3v) is 6.70. The molecule has 1 heterocycles. The molecular weight excluding hydrogens is 539 g/mol. The summed E-state index contributed by atoms with van der Waals surface area (Å²) in [4.78, 5) is 28.4. The first kappa shape index (κ1) is 29.6. The van der Waals surface area contributed by atoms with E-state index in [1.54, 1.807) is 26.4 Å². The molecule has 1 atom stereocenters. The zero-order valence-electron chi connectivity index (χ0n) is 22.9. The first-order valence-electron chi connectivity index (χ1n) is 12.8. The predicted molar refractivity (Wildman–Crippen MR) is 146 cm³/mol. The average Bonchev–Trinajstić information content (AvgIpc) is 3.44. The summed E-state index contributed by atoms with van der Waals surface area (Å²) < 4.78 is 55.1. The molecule has 0 saturated carbocycles. The summed E-state index contributed by atoms with van der Waals surface area (Å²) in [6.45, 7) is -0.209. The van der Waals surface area contributed by atoms with E-state index in [4.69, 9.17) is 14.2 Å². The van der Waals surface area contributed by atoms with Crippen LogP contribution in [-0.2, 0) is 15.7 Å². The number of benzene rings is 3. The Balaban J connectivity index is 1.65. The van der Waals surface area contributed by atoms with Gasteiger partial charge in [-0.15, -0.1) is 0 Å². The number of rotatable bonds is 10. The van der Waals surface area contributed by atoms with Crippen LogP contribution in [0.15, 0.2) is 77.9 Å². The van der Waals surface area contributed by atoms with Crippen molar-refractivity contribution in [1.82, 2.24) is 9.91 Å². The second kappa shape index (κ2) is 12.9. The van der Waals surface area contributed by atoms with E-state index in [1.165, 1.54) is 17.0 Å². The molecule has 0 radical (unpaired) electrons. The van der Waals surface area contributed by atoms with Crippen LogP contribution in [0.25, 0.3) is 0 Å². The summed E-state index contributed by atoms with van der Waals surface area (Å²) in [6.07, 6.45) is -4.15. The Labute approximate surface area is 235 Å². The van der Waals surface area contributed by atoms with E-state index in [-0.39, 0.29) is 25.3 Å². The standard InChI is InChI=1S/C30H30F3N3O5/c1-39-16-15-35(29(38)20-11-13-22(14-12-20)30(31,32)33)19-28(37)36-26(24-9-4-5-10-27(24)41-3)18-25(34-36)21-7-6-8-23(17-21)40-2/h4-14,17,26H,15-16,18-19H2,1-3H3/t26-/m1/s1. The molecule has 0 aliphatic carbocycles. The van der Waals surface area contributed by atoms with Gasteiger partial charge in [0.1, 0.15) is 18.0 Å². The Morgan fingerprint density at radius 3 is 2.37 bits per heavy atom. The van der Waals surface area contributed by atoms with E-state index in [0.29, 0.717) is 23.6 Å². The van der Waals surface area contributed by atoms with Crippen LogP contribution in [-0.4, -0.2) is 68.5 Å².